The predicted octanol–water partition coefficient (Wildman–Crippen LogP) is 4.35. The van der Waals surface area contributed by atoms with Gasteiger partial charge in [0.05, 0.1) is 19.0 Å². The number of methoxy groups -OCH3 is 1. The number of aromatic nitrogens is 2. The molecule has 2 N–H and O–H groups in total. The van der Waals surface area contributed by atoms with Crippen LogP contribution in [-0.4, -0.2) is 35.2 Å². The summed E-state index contributed by atoms with van der Waals surface area (Å²) in [5, 5.41) is 9.83. The molecule has 0 bridgehead atoms. The van der Waals surface area contributed by atoms with Gasteiger partial charge in [0.2, 0.25) is 5.91 Å². The second-order valence-corrected chi connectivity index (χ2v) is 8.64. The number of amides is 2. The maximum Gasteiger partial charge on any atom is 0.255 e. The third kappa shape index (κ3) is 5.38. The van der Waals surface area contributed by atoms with Gasteiger partial charge in [0.25, 0.3) is 5.91 Å². The van der Waals surface area contributed by atoms with Gasteiger partial charge in [-0.2, -0.15) is 5.10 Å². The molecule has 0 unspecified atom stereocenters. The molecule has 1 aliphatic rings. The Bertz CT molecular complexity index is 1360. The van der Waals surface area contributed by atoms with Crippen LogP contribution in [0.5, 0.6) is 5.75 Å². The minimum atomic E-state index is -0.229. The van der Waals surface area contributed by atoms with Crippen molar-refractivity contribution in [2.24, 2.45) is 0 Å². The van der Waals surface area contributed by atoms with Crippen LogP contribution >= 0.6 is 0 Å². The van der Waals surface area contributed by atoms with Gasteiger partial charge in [-0.1, -0.05) is 24.3 Å². The molecule has 182 valence electrons. The smallest absolute Gasteiger partial charge is 0.255 e. The molecule has 2 amide bonds. The zero-order valence-corrected chi connectivity index (χ0v) is 20.0. The Kier molecular flexibility index (Phi) is 6.66. The van der Waals surface area contributed by atoms with Crippen molar-refractivity contribution in [3.05, 3.63) is 102 Å². The monoisotopic (exact) mass is 481 g/mol. The number of hydrogen-bond donors (Lipinski definition) is 2. The third-order valence-electron chi connectivity index (χ3n) is 6.20. The summed E-state index contributed by atoms with van der Waals surface area (Å²) in [4.78, 5) is 27.4. The Balaban J connectivity index is 1.15. The van der Waals surface area contributed by atoms with E-state index in [0.29, 0.717) is 22.7 Å². The zero-order valence-electron chi connectivity index (χ0n) is 20.0. The fourth-order valence-corrected chi connectivity index (χ4v) is 4.28. The maximum atomic E-state index is 12.7. The molecular formula is C28H27N5O3. The van der Waals surface area contributed by atoms with E-state index in [-0.39, 0.29) is 18.4 Å². The van der Waals surface area contributed by atoms with Gasteiger partial charge in [-0.15, -0.1) is 0 Å². The molecule has 8 nitrogen and oxygen atoms in total. The van der Waals surface area contributed by atoms with Crippen LogP contribution in [0.2, 0.25) is 0 Å². The molecule has 36 heavy (non-hydrogen) atoms. The summed E-state index contributed by atoms with van der Waals surface area (Å²) in [6.07, 6.45) is 4.17. The van der Waals surface area contributed by atoms with Crippen molar-refractivity contribution in [3.8, 4) is 5.75 Å². The van der Waals surface area contributed by atoms with E-state index in [2.05, 4.69) is 44.9 Å². The van der Waals surface area contributed by atoms with E-state index in [9.17, 15) is 9.59 Å². The van der Waals surface area contributed by atoms with Crippen LogP contribution in [0.3, 0.4) is 0 Å². The van der Waals surface area contributed by atoms with Crippen LogP contribution in [-0.2, 0) is 24.3 Å². The highest BCUT2D eigenvalue weighted by Gasteiger charge is 2.17. The van der Waals surface area contributed by atoms with Crippen LogP contribution in [0.15, 0.2) is 85.2 Å². The van der Waals surface area contributed by atoms with Gasteiger partial charge < -0.3 is 20.3 Å². The minimum absolute atomic E-state index is 0.0234. The van der Waals surface area contributed by atoms with E-state index in [1.807, 2.05) is 24.3 Å². The molecule has 0 saturated heterocycles. The van der Waals surface area contributed by atoms with Gasteiger partial charge in [-0.05, 0) is 66.1 Å². The molecule has 0 atom stereocenters. The molecular weight excluding hydrogens is 454 g/mol. The van der Waals surface area contributed by atoms with Gasteiger partial charge >= 0.3 is 0 Å². The topological polar surface area (TPSA) is 88.5 Å². The lowest BCUT2D eigenvalue weighted by atomic mass is 9.99. The number of ether oxygens (including phenoxy) is 1. The van der Waals surface area contributed by atoms with Gasteiger partial charge in [-0.25, -0.2) is 0 Å². The van der Waals surface area contributed by atoms with Gasteiger partial charge in [-0.3, -0.25) is 14.3 Å². The normalized spacial score (nSPS) is 12.5. The Morgan fingerprint density at radius 2 is 1.67 bits per heavy atom. The van der Waals surface area contributed by atoms with E-state index in [0.717, 1.165) is 25.2 Å². The van der Waals surface area contributed by atoms with Crippen molar-refractivity contribution >= 4 is 28.9 Å². The van der Waals surface area contributed by atoms with Crippen LogP contribution in [0.1, 0.15) is 21.5 Å². The van der Waals surface area contributed by atoms with Crippen molar-refractivity contribution in [1.29, 1.82) is 0 Å². The summed E-state index contributed by atoms with van der Waals surface area (Å²) in [6.45, 7) is 1.84. The summed E-state index contributed by atoms with van der Waals surface area (Å²) in [7, 11) is 1.59. The highest BCUT2D eigenvalue weighted by atomic mass is 16.5. The van der Waals surface area contributed by atoms with E-state index < -0.39 is 0 Å². The quantitative estimate of drug-likeness (QED) is 0.410. The molecule has 0 fully saturated rings. The Morgan fingerprint density at radius 1 is 0.917 bits per heavy atom. The first-order valence-electron chi connectivity index (χ1n) is 11.8. The molecule has 1 aliphatic heterocycles. The lowest BCUT2D eigenvalue weighted by Crippen LogP contribution is -2.30. The molecule has 3 aromatic carbocycles. The summed E-state index contributed by atoms with van der Waals surface area (Å²) in [5.74, 6) is 0.261. The number of nitrogens with zero attached hydrogens (tertiary/aromatic N) is 3. The molecule has 2 heterocycles. The van der Waals surface area contributed by atoms with Gasteiger partial charge in [0.1, 0.15) is 12.3 Å². The summed E-state index contributed by atoms with van der Waals surface area (Å²) >= 11 is 0. The summed E-state index contributed by atoms with van der Waals surface area (Å²) < 4.78 is 6.60. The molecule has 0 spiro atoms. The summed E-state index contributed by atoms with van der Waals surface area (Å²) in [5.41, 5.74) is 5.59. The molecule has 5 rings (SSSR count). The van der Waals surface area contributed by atoms with Gasteiger partial charge in [0.15, 0.2) is 0 Å². The highest BCUT2D eigenvalue weighted by Crippen LogP contribution is 2.25. The number of rotatable bonds is 7. The second kappa shape index (κ2) is 10.4. The first-order chi connectivity index (χ1) is 17.6. The number of hydrogen-bond acceptors (Lipinski definition) is 5. The second-order valence-electron chi connectivity index (χ2n) is 8.64. The molecule has 0 saturated carbocycles. The SMILES string of the molecule is COc1ccc(NC(=O)Cn2cc(NC(=O)c3ccc(N4CCc5ccccc5C4)cc3)cn2)cc1. The highest BCUT2D eigenvalue weighted by molar-refractivity contribution is 6.04. The van der Waals surface area contributed by atoms with Crippen molar-refractivity contribution in [1.82, 2.24) is 9.78 Å². The molecule has 1 aromatic heterocycles. The lowest BCUT2D eigenvalue weighted by molar-refractivity contribution is -0.116. The van der Waals surface area contributed by atoms with Crippen molar-refractivity contribution in [3.63, 3.8) is 0 Å². The van der Waals surface area contributed by atoms with Crippen LogP contribution < -0.4 is 20.3 Å². The number of fused-ring (bicyclic) bond motifs is 1. The number of nitrogens with one attached hydrogen (secondary N) is 2. The molecule has 4 aromatic rings. The van der Waals surface area contributed by atoms with Crippen molar-refractivity contribution in [2.45, 2.75) is 19.5 Å². The van der Waals surface area contributed by atoms with Gasteiger partial charge in [0, 0.05) is 36.2 Å². The third-order valence-corrected chi connectivity index (χ3v) is 6.20. The minimum Gasteiger partial charge on any atom is -0.497 e. The fourth-order valence-electron chi connectivity index (χ4n) is 4.28. The van der Waals surface area contributed by atoms with E-state index in [4.69, 9.17) is 4.74 Å². The first-order valence-corrected chi connectivity index (χ1v) is 11.8. The van der Waals surface area contributed by atoms with Crippen LogP contribution in [0, 0.1) is 0 Å². The van der Waals surface area contributed by atoms with E-state index in [1.165, 1.54) is 22.0 Å². The molecule has 0 radical (unpaired) electrons. The predicted molar refractivity (Wildman–Crippen MR) is 139 cm³/mol. The standard InChI is InChI=1S/C28H27N5O3/c1-36-26-12-8-23(9-13-26)30-27(34)19-33-18-24(16-29-33)31-28(35)21-6-10-25(11-7-21)32-15-14-20-4-2-3-5-22(20)17-32/h2-13,16,18H,14-15,17,19H2,1H3,(H,30,34)(H,31,35). The number of benzene rings is 3. The number of carbonyl (C=O) groups excluding carboxylic acids is 2. The Hall–Kier alpha value is -4.59. The average Bonchev–Trinajstić information content (AvgIpc) is 3.35. The number of anilines is 3. The summed E-state index contributed by atoms with van der Waals surface area (Å²) in [6, 6.07) is 23.2. The lowest BCUT2D eigenvalue weighted by Gasteiger charge is -2.30. The zero-order chi connectivity index (χ0) is 24.9. The van der Waals surface area contributed by atoms with Crippen LogP contribution in [0.4, 0.5) is 17.1 Å². The van der Waals surface area contributed by atoms with Crippen LogP contribution in [0.25, 0.3) is 0 Å². The van der Waals surface area contributed by atoms with E-state index >= 15 is 0 Å². The Morgan fingerprint density at radius 3 is 2.42 bits per heavy atom. The first kappa shape index (κ1) is 23.2. The maximum absolute atomic E-state index is 12.7. The Labute approximate surface area is 209 Å². The van der Waals surface area contributed by atoms with Crippen molar-refractivity contribution in [2.75, 3.05) is 29.2 Å². The van der Waals surface area contributed by atoms with E-state index in [1.54, 1.807) is 37.6 Å². The largest absolute Gasteiger partial charge is 0.497 e. The molecule has 0 aliphatic carbocycles. The number of carbonyl (C=O) groups is 2. The molecule has 8 heteroatoms. The van der Waals surface area contributed by atoms with Crippen molar-refractivity contribution < 1.29 is 14.3 Å². The average molecular weight is 482 g/mol. The fraction of sp³-hybridized carbons (Fsp3) is 0.179.